The number of nitrogens with one attached hydrogen (secondary N) is 1. The summed E-state index contributed by atoms with van der Waals surface area (Å²) in [4.78, 5) is 28.8. The molecule has 1 aliphatic heterocycles. The number of rotatable bonds is 5. The van der Waals surface area contributed by atoms with E-state index in [1.165, 1.54) is 11.3 Å². The van der Waals surface area contributed by atoms with Crippen LogP contribution in [0.5, 0.6) is 0 Å². The van der Waals surface area contributed by atoms with E-state index >= 15 is 0 Å². The summed E-state index contributed by atoms with van der Waals surface area (Å²) in [6.45, 7) is 3.51. The Morgan fingerprint density at radius 2 is 1.85 bits per heavy atom. The maximum absolute atomic E-state index is 12.3. The van der Waals surface area contributed by atoms with Gasteiger partial charge >= 0.3 is 0 Å². The van der Waals surface area contributed by atoms with Crippen LogP contribution in [-0.2, 0) is 11.3 Å². The first-order chi connectivity index (χ1) is 12.5. The number of benzene rings is 1. The largest absolute Gasteiger partial charge is 0.342 e. The fourth-order valence-corrected chi connectivity index (χ4v) is 3.85. The smallest absolute Gasteiger partial charge is 0.261 e. The summed E-state index contributed by atoms with van der Waals surface area (Å²) in [5.74, 6) is -0.266. The maximum Gasteiger partial charge on any atom is 0.261 e. The lowest BCUT2D eigenvalue weighted by Gasteiger charge is -2.35. The number of carbonyl (C=O) groups excluding carboxylic acids is 2. The third-order valence-corrected chi connectivity index (χ3v) is 6.02. The van der Waals surface area contributed by atoms with E-state index in [1.54, 1.807) is 17.0 Å². The van der Waals surface area contributed by atoms with E-state index < -0.39 is 0 Å². The Hall–Kier alpha value is -1.60. The summed E-state index contributed by atoms with van der Waals surface area (Å²) in [6.07, 6.45) is 0. The van der Waals surface area contributed by atoms with Crippen molar-refractivity contribution in [2.24, 2.45) is 0 Å². The third kappa shape index (κ3) is 4.76. The summed E-state index contributed by atoms with van der Waals surface area (Å²) in [6, 6.07) is 9.18. The Morgan fingerprint density at radius 1 is 1.08 bits per heavy atom. The topological polar surface area (TPSA) is 52.7 Å². The van der Waals surface area contributed by atoms with Crippen LogP contribution in [0.1, 0.15) is 15.2 Å². The van der Waals surface area contributed by atoms with E-state index in [2.05, 4.69) is 10.2 Å². The second-order valence-electron chi connectivity index (χ2n) is 6.03. The van der Waals surface area contributed by atoms with E-state index in [0.717, 1.165) is 18.7 Å². The lowest BCUT2D eigenvalue weighted by atomic mass is 10.2. The zero-order valence-corrected chi connectivity index (χ0v) is 16.4. The number of hydrogen-bond acceptors (Lipinski definition) is 4. The summed E-state index contributed by atoms with van der Waals surface area (Å²) >= 11 is 13.7. The number of halogens is 2. The zero-order chi connectivity index (χ0) is 18.5. The third-order valence-electron chi connectivity index (χ3n) is 4.30. The fraction of sp³-hybridized carbons (Fsp3) is 0.333. The number of nitrogens with zero attached hydrogens (tertiary/aromatic N) is 2. The van der Waals surface area contributed by atoms with Gasteiger partial charge in [-0.3, -0.25) is 14.5 Å². The number of carbonyl (C=O) groups is 2. The van der Waals surface area contributed by atoms with Crippen LogP contribution in [0.3, 0.4) is 0 Å². The van der Waals surface area contributed by atoms with Crippen LogP contribution in [0.25, 0.3) is 0 Å². The van der Waals surface area contributed by atoms with Gasteiger partial charge in [0.1, 0.15) is 0 Å². The van der Waals surface area contributed by atoms with E-state index in [0.29, 0.717) is 34.6 Å². The Bertz CT molecular complexity index is 775. The molecule has 1 N–H and O–H groups in total. The van der Waals surface area contributed by atoms with Gasteiger partial charge in [0, 0.05) is 32.7 Å². The maximum atomic E-state index is 12.3. The minimum absolute atomic E-state index is 0.0247. The lowest BCUT2D eigenvalue weighted by molar-refractivity contribution is -0.131. The van der Waals surface area contributed by atoms with E-state index in [1.807, 2.05) is 23.6 Å². The molecule has 0 spiro atoms. The molecular formula is C18H19Cl2N3O2S. The van der Waals surface area contributed by atoms with E-state index in [4.69, 9.17) is 23.2 Å². The van der Waals surface area contributed by atoms with Crippen molar-refractivity contribution in [3.05, 3.63) is 56.2 Å². The van der Waals surface area contributed by atoms with Crippen LogP contribution in [0.4, 0.5) is 0 Å². The van der Waals surface area contributed by atoms with Crippen molar-refractivity contribution in [1.82, 2.24) is 15.1 Å². The molecule has 0 radical (unpaired) electrons. The molecule has 2 aromatic rings. The number of piperazine rings is 1. The van der Waals surface area contributed by atoms with Gasteiger partial charge in [-0.25, -0.2) is 0 Å². The van der Waals surface area contributed by atoms with Crippen molar-refractivity contribution in [3.63, 3.8) is 0 Å². The molecule has 1 saturated heterocycles. The molecule has 2 heterocycles. The number of hydrogen-bond donors (Lipinski definition) is 1. The van der Waals surface area contributed by atoms with E-state index in [-0.39, 0.29) is 18.4 Å². The molecule has 3 rings (SSSR count). The number of amides is 2. The van der Waals surface area contributed by atoms with Gasteiger partial charge in [0.15, 0.2) is 0 Å². The van der Waals surface area contributed by atoms with Gasteiger partial charge < -0.3 is 10.2 Å². The fourth-order valence-electron chi connectivity index (χ4n) is 2.83. The minimum atomic E-state index is -0.206. The summed E-state index contributed by atoms with van der Waals surface area (Å²) < 4.78 is 0. The quantitative estimate of drug-likeness (QED) is 0.821. The molecule has 8 heteroatoms. The van der Waals surface area contributed by atoms with Crippen molar-refractivity contribution >= 4 is 46.4 Å². The molecule has 0 bridgehead atoms. The molecule has 0 unspecified atom stereocenters. The first kappa shape index (κ1) is 19.2. The van der Waals surface area contributed by atoms with Crippen LogP contribution in [-0.4, -0.2) is 54.3 Å². The van der Waals surface area contributed by atoms with Crippen LogP contribution < -0.4 is 5.32 Å². The average Bonchev–Trinajstić information content (AvgIpc) is 3.19. The van der Waals surface area contributed by atoms with Gasteiger partial charge in [-0.2, -0.15) is 0 Å². The van der Waals surface area contributed by atoms with Crippen molar-refractivity contribution in [2.75, 3.05) is 32.7 Å². The van der Waals surface area contributed by atoms with E-state index in [9.17, 15) is 9.59 Å². The molecule has 1 aliphatic rings. The average molecular weight is 412 g/mol. The Balaban J connectivity index is 1.45. The molecule has 0 atom stereocenters. The van der Waals surface area contributed by atoms with Crippen molar-refractivity contribution in [1.29, 1.82) is 0 Å². The number of thiophene rings is 1. The first-order valence-corrected chi connectivity index (χ1v) is 9.93. The molecule has 0 aliphatic carbocycles. The Labute approximate surface area is 166 Å². The highest BCUT2D eigenvalue weighted by Gasteiger charge is 2.22. The van der Waals surface area contributed by atoms with Crippen LogP contribution in [0.2, 0.25) is 10.0 Å². The molecular weight excluding hydrogens is 393 g/mol. The molecule has 5 nitrogen and oxygen atoms in total. The molecule has 138 valence electrons. The van der Waals surface area contributed by atoms with Crippen molar-refractivity contribution in [2.45, 2.75) is 6.54 Å². The van der Waals surface area contributed by atoms with Crippen LogP contribution in [0, 0.1) is 0 Å². The summed E-state index contributed by atoms with van der Waals surface area (Å²) in [5.41, 5.74) is 0.988. The molecule has 1 fully saturated rings. The highest BCUT2D eigenvalue weighted by Crippen LogP contribution is 2.26. The lowest BCUT2D eigenvalue weighted by Crippen LogP contribution is -2.50. The minimum Gasteiger partial charge on any atom is -0.342 e. The van der Waals surface area contributed by atoms with Crippen LogP contribution >= 0.6 is 34.5 Å². The predicted molar refractivity (Wildman–Crippen MR) is 105 cm³/mol. The molecule has 0 saturated carbocycles. The molecule has 1 aromatic carbocycles. The summed E-state index contributed by atoms with van der Waals surface area (Å²) in [5, 5.41) is 5.66. The van der Waals surface area contributed by atoms with Gasteiger partial charge in [0.25, 0.3) is 5.91 Å². The van der Waals surface area contributed by atoms with Gasteiger partial charge in [-0.15, -0.1) is 11.3 Å². The first-order valence-electron chi connectivity index (χ1n) is 8.29. The van der Waals surface area contributed by atoms with Crippen molar-refractivity contribution in [3.8, 4) is 0 Å². The SMILES string of the molecule is O=C(NCC(=O)N1CCN(Cc2cccc(Cl)c2Cl)CC1)c1cccs1. The monoisotopic (exact) mass is 411 g/mol. The Kier molecular flexibility index (Phi) is 6.53. The van der Waals surface area contributed by atoms with Gasteiger partial charge in [0.2, 0.25) is 5.91 Å². The predicted octanol–water partition coefficient (Wildman–Crippen LogP) is 3.13. The second-order valence-corrected chi connectivity index (χ2v) is 7.76. The molecule has 1 aromatic heterocycles. The Morgan fingerprint density at radius 3 is 2.54 bits per heavy atom. The zero-order valence-electron chi connectivity index (χ0n) is 14.1. The van der Waals surface area contributed by atoms with Gasteiger partial charge in [-0.1, -0.05) is 41.4 Å². The molecule has 26 heavy (non-hydrogen) atoms. The van der Waals surface area contributed by atoms with Gasteiger partial charge in [0.05, 0.1) is 21.5 Å². The second kappa shape index (κ2) is 8.86. The normalized spacial score (nSPS) is 15.1. The van der Waals surface area contributed by atoms with Crippen molar-refractivity contribution < 1.29 is 9.59 Å². The summed E-state index contributed by atoms with van der Waals surface area (Å²) in [7, 11) is 0. The van der Waals surface area contributed by atoms with Gasteiger partial charge in [-0.05, 0) is 23.1 Å². The molecule has 2 amide bonds. The highest BCUT2D eigenvalue weighted by molar-refractivity contribution is 7.12. The highest BCUT2D eigenvalue weighted by atomic mass is 35.5. The standard InChI is InChI=1S/C18H19Cl2N3O2S/c19-14-4-1-3-13(17(14)20)12-22-6-8-23(9-7-22)16(24)11-21-18(25)15-5-2-10-26-15/h1-5,10H,6-9,11-12H2,(H,21,25). The van der Waals surface area contributed by atoms with Crippen LogP contribution in [0.15, 0.2) is 35.7 Å².